The summed E-state index contributed by atoms with van der Waals surface area (Å²) in [5, 5.41) is 3.19. The normalized spacial score (nSPS) is 24.4. The Bertz CT molecular complexity index is 546. The molecule has 1 unspecified atom stereocenters. The molecule has 0 bridgehead atoms. The Hall–Kier alpha value is -0.910. The van der Waals surface area contributed by atoms with Crippen LogP contribution < -0.4 is 10.0 Å². The van der Waals surface area contributed by atoms with E-state index in [-0.39, 0.29) is 5.54 Å². The summed E-state index contributed by atoms with van der Waals surface area (Å²) in [4.78, 5) is 0.385. The molecular formula is C13H20N2O2S. The van der Waals surface area contributed by atoms with Gasteiger partial charge in [-0.1, -0.05) is 12.1 Å². The van der Waals surface area contributed by atoms with Crippen molar-refractivity contribution in [1.82, 2.24) is 10.0 Å². The third-order valence-electron chi connectivity index (χ3n) is 3.38. The highest BCUT2D eigenvalue weighted by atomic mass is 32.2. The molecule has 0 saturated carbocycles. The summed E-state index contributed by atoms with van der Waals surface area (Å²) >= 11 is 0. The maximum atomic E-state index is 12.4. The van der Waals surface area contributed by atoms with Gasteiger partial charge in [0.2, 0.25) is 10.0 Å². The van der Waals surface area contributed by atoms with E-state index in [1.807, 2.05) is 32.9 Å². The fraction of sp³-hybridized carbons (Fsp3) is 0.538. The topological polar surface area (TPSA) is 58.2 Å². The average molecular weight is 268 g/mol. The molecular weight excluding hydrogens is 248 g/mol. The summed E-state index contributed by atoms with van der Waals surface area (Å²) in [5.74, 6) is 0. The van der Waals surface area contributed by atoms with E-state index in [1.165, 1.54) is 0 Å². The van der Waals surface area contributed by atoms with Crippen molar-refractivity contribution >= 4 is 10.0 Å². The lowest BCUT2D eigenvalue weighted by Crippen LogP contribution is -2.47. The number of sulfonamides is 1. The van der Waals surface area contributed by atoms with Crippen molar-refractivity contribution in [2.45, 2.75) is 37.6 Å². The van der Waals surface area contributed by atoms with Crippen LogP contribution in [0.25, 0.3) is 0 Å². The summed E-state index contributed by atoms with van der Waals surface area (Å²) in [6.07, 6.45) is 0.817. The lowest BCUT2D eigenvalue weighted by molar-refractivity contribution is 0.452. The quantitative estimate of drug-likeness (QED) is 0.869. The molecule has 0 spiro atoms. The van der Waals surface area contributed by atoms with Gasteiger partial charge in [-0.3, -0.25) is 0 Å². The molecule has 100 valence electrons. The molecule has 0 amide bonds. The molecule has 1 aromatic carbocycles. The van der Waals surface area contributed by atoms with E-state index in [9.17, 15) is 8.42 Å². The highest BCUT2D eigenvalue weighted by molar-refractivity contribution is 7.89. The fourth-order valence-corrected chi connectivity index (χ4v) is 4.05. The highest BCUT2D eigenvalue weighted by Crippen LogP contribution is 2.21. The molecule has 1 fully saturated rings. The first-order chi connectivity index (χ1) is 8.32. The van der Waals surface area contributed by atoms with Gasteiger partial charge in [0.15, 0.2) is 0 Å². The fourth-order valence-electron chi connectivity index (χ4n) is 2.28. The first-order valence-corrected chi connectivity index (χ1v) is 7.63. The zero-order valence-corrected chi connectivity index (χ0v) is 11.9. The minimum Gasteiger partial charge on any atom is -0.315 e. The molecule has 5 heteroatoms. The molecule has 1 aliphatic heterocycles. The maximum absolute atomic E-state index is 12.4. The van der Waals surface area contributed by atoms with E-state index in [0.717, 1.165) is 24.1 Å². The predicted octanol–water partition coefficient (Wildman–Crippen LogP) is 1.33. The van der Waals surface area contributed by atoms with Gasteiger partial charge in [0.05, 0.1) is 4.90 Å². The monoisotopic (exact) mass is 268 g/mol. The van der Waals surface area contributed by atoms with Crippen LogP contribution in [0.1, 0.15) is 24.5 Å². The second kappa shape index (κ2) is 4.64. The third kappa shape index (κ3) is 2.74. The van der Waals surface area contributed by atoms with Crippen molar-refractivity contribution < 1.29 is 8.42 Å². The van der Waals surface area contributed by atoms with Crippen LogP contribution in [0.4, 0.5) is 0 Å². The van der Waals surface area contributed by atoms with E-state index in [4.69, 9.17) is 0 Å². The van der Waals surface area contributed by atoms with E-state index >= 15 is 0 Å². The van der Waals surface area contributed by atoms with Crippen molar-refractivity contribution in [3.63, 3.8) is 0 Å². The summed E-state index contributed by atoms with van der Waals surface area (Å²) in [7, 11) is -3.45. The number of aryl methyl sites for hydroxylation is 2. The Morgan fingerprint density at radius 1 is 1.33 bits per heavy atom. The van der Waals surface area contributed by atoms with Gasteiger partial charge in [0.25, 0.3) is 0 Å². The van der Waals surface area contributed by atoms with Crippen molar-refractivity contribution in [3.8, 4) is 0 Å². The molecule has 2 N–H and O–H groups in total. The van der Waals surface area contributed by atoms with Crippen LogP contribution in [-0.2, 0) is 10.0 Å². The van der Waals surface area contributed by atoms with E-state index in [2.05, 4.69) is 10.0 Å². The van der Waals surface area contributed by atoms with Crippen molar-refractivity contribution in [1.29, 1.82) is 0 Å². The molecule has 4 nitrogen and oxygen atoms in total. The average Bonchev–Trinajstić information content (AvgIpc) is 2.67. The van der Waals surface area contributed by atoms with Gasteiger partial charge in [-0.25, -0.2) is 13.1 Å². The Balaban J connectivity index is 2.33. The zero-order chi connectivity index (χ0) is 13.4. The Labute approximate surface area is 109 Å². The second-order valence-electron chi connectivity index (χ2n) is 5.36. The van der Waals surface area contributed by atoms with Crippen LogP contribution in [0.2, 0.25) is 0 Å². The van der Waals surface area contributed by atoms with Crippen molar-refractivity contribution in [3.05, 3.63) is 29.3 Å². The molecule has 0 aliphatic carbocycles. The first kappa shape index (κ1) is 13.5. The summed E-state index contributed by atoms with van der Waals surface area (Å²) < 4.78 is 27.7. The van der Waals surface area contributed by atoms with Crippen molar-refractivity contribution in [2.24, 2.45) is 0 Å². The molecule has 1 aromatic rings. The lowest BCUT2D eigenvalue weighted by atomic mass is 10.0. The molecule has 1 aliphatic rings. The first-order valence-electron chi connectivity index (χ1n) is 6.14. The molecule has 0 radical (unpaired) electrons. The lowest BCUT2D eigenvalue weighted by Gasteiger charge is -2.24. The largest absolute Gasteiger partial charge is 0.315 e. The number of hydrogen-bond acceptors (Lipinski definition) is 3. The molecule has 1 atom stereocenters. The second-order valence-corrected chi connectivity index (χ2v) is 7.01. The van der Waals surface area contributed by atoms with E-state index in [0.29, 0.717) is 11.4 Å². The smallest absolute Gasteiger partial charge is 0.241 e. The Morgan fingerprint density at radius 2 is 2.06 bits per heavy atom. The summed E-state index contributed by atoms with van der Waals surface area (Å²) in [6.45, 7) is 7.19. The molecule has 2 rings (SSSR count). The highest BCUT2D eigenvalue weighted by Gasteiger charge is 2.33. The van der Waals surface area contributed by atoms with E-state index < -0.39 is 10.0 Å². The van der Waals surface area contributed by atoms with Crippen LogP contribution in [-0.4, -0.2) is 27.0 Å². The Morgan fingerprint density at radius 3 is 2.67 bits per heavy atom. The van der Waals surface area contributed by atoms with Gasteiger partial charge in [-0.2, -0.15) is 0 Å². The number of rotatable bonds is 3. The maximum Gasteiger partial charge on any atom is 0.241 e. The summed E-state index contributed by atoms with van der Waals surface area (Å²) in [5.41, 5.74) is 1.35. The molecule has 18 heavy (non-hydrogen) atoms. The Kier molecular flexibility index (Phi) is 3.49. The predicted molar refractivity (Wildman–Crippen MR) is 72.1 cm³/mol. The van der Waals surface area contributed by atoms with Gasteiger partial charge in [0, 0.05) is 12.1 Å². The number of nitrogens with one attached hydrogen (secondary N) is 2. The molecule has 1 heterocycles. The van der Waals surface area contributed by atoms with Gasteiger partial charge in [-0.15, -0.1) is 0 Å². The van der Waals surface area contributed by atoms with Gasteiger partial charge in [0.1, 0.15) is 0 Å². The minimum absolute atomic E-state index is 0.380. The SMILES string of the molecule is Cc1ccc(C)c(S(=O)(=O)NC2(C)CCNC2)c1. The van der Waals surface area contributed by atoms with Crippen LogP contribution >= 0.6 is 0 Å². The van der Waals surface area contributed by atoms with Crippen LogP contribution in [0.3, 0.4) is 0 Å². The standard InChI is InChI=1S/C13H20N2O2S/c1-10-4-5-11(2)12(8-10)18(16,17)15-13(3)6-7-14-9-13/h4-5,8,14-15H,6-7,9H2,1-3H3. The van der Waals surface area contributed by atoms with Crippen LogP contribution in [0, 0.1) is 13.8 Å². The summed E-state index contributed by atoms with van der Waals surface area (Å²) in [6, 6.07) is 5.50. The number of hydrogen-bond donors (Lipinski definition) is 2. The molecule has 1 saturated heterocycles. The number of benzene rings is 1. The zero-order valence-electron chi connectivity index (χ0n) is 11.1. The minimum atomic E-state index is -3.45. The van der Waals surface area contributed by atoms with Gasteiger partial charge in [-0.05, 0) is 50.9 Å². The van der Waals surface area contributed by atoms with Crippen LogP contribution in [0.5, 0.6) is 0 Å². The molecule has 0 aromatic heterocycles. The van der Waals surface area contributed by atoms with Crippen LogP contribution in [0.15, 0.2) is 23.1 Å². The van der Waals surface area contributed by atoms with Crippen molar-refractivity contribution in [2.75, 3.05) is 13.1 Å². The third-order valence-corrected chi connectivity index (χ3v) is 5.16. The van der Waals surface area contributed by atoms with Gasteiger partial charge < -0.3 is 5.32 Å². The van der Waals surface area contributed by atoms with Gasteiger partial charge >= 0.3 is 0 Å². The van der Waals surface area contributed by atoms with E-state index in [1.54, 1.807) is 6.07 Å².